The van der Waals surface area contributed by atoms with Crippen molar-refractivity contribution in [1.82, 2.24) is 15.5 Å². The average Bonchev–Trinajstić information content (AvgIpc) is 2.73. The van der Waals surface area contributed by atoms with Gasteiger partial charge in [0.15, 0.2) is 5.96 Å². The number of nitrogens with zero attached hydrogens (tertiary/aromatic N) is 2. The maximum atomic E-state index is 12.0. The van der Waals surface area contributed by atoms with Crippen molar-refractivity contribution in [3.8, 4) is 0 Å². The smallest absolute Gasteiger partial charge is 0.253 e. The molecule has 0 bridgehead atoms. The van der Waals surface area contributed by atoms with Crippen LogP contribution in [-0.2, 0) is 6.54 Å². The first-order valence-electron chi connectivity index (χ1n) is 9.92. The highest BCUT2D eigenvalue weighted by Gasteiger charge is 2.10. The van der Waals surface area contributed by atoms with Crippen molar-refractivity contribution in [2.24, 2.45) is 4.99 Å². The van der Waals surface area contributed by atoms with Crippen LogP contribution >= 0.6 is 0 Å². The summed E-state index contributed by atoms with van der Waals surface area (Å²) in [6.07, 6.45) is 1.07. The maximum Gasteiger partial charge on any atom is 0.253 e. The van der Waals surface area contributed by atoms with Crippen LogP contribution in [0, 0.1) is 0 Å². The molecular formula is C23H32N4O. The van der Waals surface area contributed by atoms with Crippen LogP contribution in [0.2, 0.25) is 0 Å². The van der Waals surface area contributed by atoms with E-state index in [9.17, 15) is 4.79 Å². The third kappa shape index (κ3) is 6.41. The van der Waals surface area contributed by atoms with Gasteiger partial charge in [0, 0.05) is 38.7 Å². The van der Waals surface area contributed by atoms with Crippen molar-refractivity contribution >= 4 is 11.9 Å². The average molecular weight is 381 g/mol. The number of carbonyl (C=O) groups is 1. The Morgan fingerprint density at radius 3 is 2.25 bits per heavy atom. The number of aliphatic imine (C=N–C) groups is 1. The monoisotopic (exact) mass is 380 g/mol. The molecule has 0 saturated carbocycles. The molecule has 1 atom stereocenters. The van der Waals surface area contributed by atoms with Gasteiger partial charge in [0.05, 0.1) is 6.54 Å². The molecule has 0 saturated heterocycles. The number of benzene rings is 2. The minimum atomic E-state index is 0.0107. The van der Waals surface area contributed by atoms with E-state index in [2.05, 4.69) is 48.7 Å². The number of amides is 1. The molecule has 2 rings (SSSR count). The second-order valence-electron chi connectivity index (χ2n) is 6.99. The molecule has 1 amide bonds. The molecule has 0 aromatic heterocycles. The van der Waals surface area contributed by atoms with Crippen molar-refractivity contribution in [1.29, 1.82) is 0 Å². The van der Waals surface area contributed by atoms with Gasteiger partial charge in [-0.25, -0.2) is 4.99 Å². The lowest BCUT2D eigenvalue weighted by Crippen LogP contribution is -2.39. The summed E-state index contributed by atoms with van der Waals surface area (Å²) in [5, 5.41) is 6.77. The number of nitrogens with one attached hydrogen (secondary N) is 2. The van der Waals surface area contributed by atoms with Gasteiger partial charge >= 0.3 is 0 Å². The second-order valence-corrected chi connectivity index (χ2v) is 6.99. The Hall–Kier alpha value is -2.82. The molecule has 0 fully saturated rings. The van der Waals surface area contributed by atoms with Crippen molar-refractivity contribution in [2.75, 3.05) is 27.2 Å². The van der Waals surface area contributed by atoms with Gasteiger partial charge in [-0.2, -0.15) is 0 Å². The van der Waals surface area contributed by atoms with Crippen molar-refractivity contribution < 1.29 is 4.79 Å². The summed E-state index contributed by atoms with van der Waals surface area (Å²) >= 11 is 0. The largest absolute Gasteiger partial charge is 0.357 e. The van der Waals surface area contributed by atoms with Crippen LogP contribution in [0.1, 0.15) is 47.7 Å². The quantitative estimate of drug-likeness (QED) is 0.543. The highest BCUT2D eigenvalue weighted by Crippen LogP contribution is 2.17. The normalized spacial score (nSPS) is 12.4. The summed E-state index contributed by atoms with van der Waals surface area (Å²) in [6.45, 7) is 6.48. The fraction of sp³-hybridized carbons (Fsp3) is 0.391. The van der Waals surface area contributed by atoms with E-state index in [1.807, 2.05) is 30.3 Å². The van der Waals surface area contributed by atoms with E-state index in [1.54, 1.807) is 19.0 Å². The van der Waals surface area contributed by atoms with E-state index in [0.29, 0.717) is 18.0 Å². The fourth-order valence-electron chi connectivity index (χ4n) is 2.97. The standard InChI is InChI=1S/C23H32N4O/c1-5-19(20-10-8-7-9-11-20)17-26-23(24-6-2)25-16-18-12-14-21(15-13-18)22(28)27(3)4/h7-15,19H,5-6,16-17H2,1-4H3,(H2,24,25,26). The lowest BCUT2D eigenvalue weighted by Gasteiger charge is -2.18. The molecule has 5 nitrogen and oxygen atoms in total. The Kier molecular flexibility index (Phi) is 8.53. The zero-order chi connectivity index (χ0) is 20.4. The first-order chi connectivity index (χ1) is 13.5. The molecule has 0 aliphatic heterocycles. The van der Waals surface area contributed by atoms with E-state index in [1.165, 1.54) is 5.56 Å². The molecule has 0 aliphatic rings. The number of hydrogen-bond donors (Lipinski definition) is 2. The van der Waals surface area contributed by atoms with Gasteiger partial charge in [0.25, 0.3) is 5.91 Å². The summed E-state index contributed by atoms with van der Waals surface area (Å²) in [7, 11) is 3.52. The highest BCUT2D eigenvalue weighted by molar-refractivity contribution is 5.93. The molecular weight excluding hydrogens is 348 g/mol. The first kappa shape index (κ1) is 21.5. The van der Waals surface area contributed by atoms with Gasteiger partial charge in [0.1, 0.15) is 0 Å². The molecule has 2 N–H and O–H groups in total. The number of hydrogen-bond acceptors (Lipinski definition) is 2. The van der Waals surface area contributed by atoms with E-state index in [0.717, 1.165) is 31.0 Å². The molecule has 0 radical (unpaired) electrons. The topological polar surface area (TPSA) is 56.7 Å². The van der Waals surface area contributed by atoms with Gasteiger partial charge in [-0.05, 0) is 36.6 Å². The first-order valence-corrected chi connectivity index (χ1v) is 9.92. The molecule has 0 aliphatic carbocycles. The predicted octanol–water partition coefficient (Wildman–Crippen LogP) is 3.64. The SMILES string of the molecule is CCNC(=NCc1ccc(C(=O)N(C)C)cc1)NCC(CC)c1ccccc1. The summed E-state index contributed by atoms with van der Waals surface area (Å²) in [4.78, 5) is 18.3. The molecule has 28 heavy (non-hydrogen) atoms. The van der Waals surface area contributed by atoms with Crippen LogP contribution in [0.25, 0.3) is 0 Å². The third-order valence-corrected chi connectivity index (χ3v) is 4.65. The van der Waals surface area contributed by atoms with Crippen LogP contribution < -0.4 is 10.6 Å². The molecule has 2 aromatic rings. The van der Waals surface area contributed by atoms with Crippen LogP contribution in [-0.4, -0.2) is 44.0 Å². The summed E-state index contributed by atoms with van der Waals surface area (Å²) in [6, 6.07) is 18.2. The van der Waals surface area contributed by atoms with Crippen LogP contribution in [0.5, 0.6) is 0 Å². The van der Waals surface area contributed by atoms with Gasteiger partial charge in [-0.15, -0.1) is 0 Å². The number of rotatable bonds is 8. The predicted molar refractivity (Wildman–Crippen MR) is 117 cm³/mol. The van der Waals surface area contributed by atoms with Crippen LogP contribution in [0.15, 0.2) is 59.6 Å². The van der Waals surface area contributed by atoms with Crippen LogP contribution in [0.3, 0.4) is 0 Å². The van der Waals surface area contributed by atoms with Crippen LogP contribution in [0.4, 0.5) is 0 Å². The zero-order valence-electron chi connectivity index (χ0n) is 17.4. The Labute approximate surface area is 168 Å². The Balaban J connectivity index is 1.98. The minimum absolute atomic E-state index is 0.0107. The Bertz CT molecular complexity index is 754. The molecule has 5 heteroatoms. The molecule has 2 aromatic carbocycles. The minimum Gasteiger partial charge on any atom is -0.357 e. The molecule has 0 spiro atoms. The Morgan fingerprint density at radius 2 is 1.68 bits per heavy atom. The summed E-state index contributed by atoms with van der Waals surface area (Å²) in [5.74, 6) is 1.27. The number of carbonyl (C=O) groups excluding carboxylic acids is 1. The summed E-state index contributed by atoms with van der Waals surface area (Å²) < 4.78 is 0. The Morgan fingerprint density at radius 1 is 1.00 bits per heavy atom. The maximum absolute atomic E-state index is 12.0. The lowest BCUT2D eigenvalue weighted by atomic mass is 9.97. The lowest BCUT2D eigenvalue weighted by molar-refractivity contribution is 0.0827. The van der Waals surface area contributed by atoms with E-state index >= 15 is 0 Å². The molecule has 0 heterocycles. The highest BCUT2D eigenvalue weighted by atomic mass is 16.2. The number of guanidine groups is 1. The van der Waals surface area contributed by atoms with Gasteiger partial charge in [-0.1, -0.05) is 49.4 Å². The van der Waals surface area contributed by atoms with Gasteiger partial charge in [0.2, 0.25) is 0 Å². The van der Waals surface area contributed by atoms with Gasteiger partial charge < -0.3 is 15.5 Å². The second kappa shape index (κ2) is 11.1. The van der Waals surface area contributed by atoms with Crippen molar-refractivity contribution in [3.05, 3.63) is 71.3 Å². The zero-order valence-corrected chi connectivity index (χ0v) is 17.4. The van der Waals surface area contributed by atoms with Crippen molar-refractivity contribution in [3.63, 3.8) is 0 Å². The fourth-order valence-corrected chi connectivity index (χ4v) is 2.97. The van der Waals surface area contributed by atoms with E-state index in [4.69, 9.17) is 4.99 Å². The van der Waals surface area contributed by atoms with E-state index in [-0.39, 0.29) is 5.91 Å². The third-order valence-electron chi connectivity index (χ3n) is 4.65. The van der Waals surface area contributed by atoms with Gasteiger partial charge in [-0.3, -0.25) is 4.79 Å². The molecule has 1 unspecified atom stereocenters. The molecule has 150 valence electrons. The van der Waals surface area contributed by atoms with E-state index < -0.39 is 0 Å². The summed E-state index contributed by atoms with van der Waals surface area (Å²) in [5.41, 5.74) is 3.11. The van der Waals surface area contributed by atoms with Crippen molar-refractivity contribution in [2.45, 2.75) is 32.7 Å².